The van der Waals surface area contributed by atoms with Gasteiger partial charge in [0.05, 0.1) is 0 Å². The van der Waals surface area contributed by atoms with Gasteiger partial charge in [-0.2, -0.15) is 0 Å². The quantitative estimate of drug-likeness (QED) is 0.107. The summed E-state index contributed by atoms with van der Waals surface area (Å²) in [6, 6.07) is 16.7. The van der Waals surface area contributed by atoms with E-state index in [1.54, 1.807) is 30.4 Å². The number of phenols is 4. The van der Waals surface area contributed by atoms with E-state index >= 15 is 0 Å². The molecule has 0 aliphatic heterocycles. The van der Waals surface area contributed by atoms with Crippen LogP contribution < -0.4 is 0 Å². The van der Waals surface area contributed by atoms with Crippen molar-refractivity contribution in [3.05, 3.63) is 131 Å². The van der Waals surface area contributed by atoms with Gasteiger partial charge in [-0.1, -0.05) is 68.3 Å². The largest absolute Gasteiger partial charge is 0.508 e. The molecule has 0 amide bonds. The smallest absolute Gasteiger partial charge is 0.123 e. The number of phenolic OH excluding ortho intramolecular Hbond substituents is 4. The first kappa shape index (κ1) is 28.0. The molecule has 1 aliphatic carbocycles. The molecule has 0 aromatic heterocycles. The minimum absolute atomic E-state index is 0.0556. The fraction of sp³-hybridized carbons (Fsp3) is 0.176. The third-order valence-electron chi connectivity index (χ3n) is 7.78. The monoisotopic (exact) mass is 536 g/mol. The fourth-order valence-corrected chi connectivity index (χ4v) is 5.45. The van der Waals surface area contributed by atoms with E-state index in [0.717, 1.165) is 11.1 Å². The number of terminal acetylenes is 1. The first-order chi connectivity index (χ1) is 19.0. The molecule has 40 heavy (non-hydrogen) atoms. The molecule has 0 bridgehead atoms. The van der Waals surface area contributed by atoms with Crippen molar-refractivity contribution < 1.29 is 30.6 Å². The predicted molar refractivity (Wildman–Crippen MR) is 156 cm³/mol. The maximum Gasteiger partial charge on any atom is 0.123 e. The molecule has 0 fully saturated rings. The van der Waals surface area contributed by atoms with E-state index in [1.807, 2.05) is 44.2 Å². The van der Waals surface area contributed by atoms with Crippen LogP contribution in [0.5, 0.6) is 23.0 Å². The maximum absolute atomic E-state index is 10.8. The number of aliphatic hydroxyl groups excluding tert-OH is 2. The standard InChI is InChI=1S/C34H32O6/c1-4-6-25(35)7-5-18-33(2,29-16-14-27(37)20-31(29)39)22-8-10-23(11-9-22)34(3,24-12-13-26(36)19-24)30-17-15-28(38)21-32(30)40/h1,5-17,19-21,24,35-40H,18H2,2-3H3/b7-5-,25-6+. The van der Waals surface area contributed by atoms with E-state index in [4.69, 9.17) is 6.42 Å². The van der Waals surface area contributed by atoms with Crippen LogP contribution in [0.3, 0.4) is 0 Å². The number of rotatable bonds is 8. The van der Waals surface area contributed by atoms with Gasteiger partial charge in [0.1, 0.15) is 34.5 Å². The van der Waals surface area contributed by atoms with Crippen LogP contribution in [0.2, 0.25) is 0 Å². The minimum atomic E-state index is -0.805. The van der Waals surface area contributed by atoms with Crippen LogP contribution >= 0.6 is 0 Å². The molecule has 3 unspecified atom stereocenters. The minimum Gasteiger partial charge on any atom is -0.508 e. The highest BCUT2D eigenvalue weighted by molar-refractivity contribution is 5.54. The summed E-state index contributed by atoms with van der Waals surface area (Å²) in [4.78, 5) is 0. The van der Waals surface area contributed by atoms with E-state index < -0.39 is 10.8 Å². The topological polar surface area (TPSA) is 121 Å². The summed E-state index contributed by atoms with van der Waals surface area (Å²) < 4.78 is 0. The predicted octanol–water partition coefficient (Wildman–Crippen LogP) is 6.77. The van der Waals surface area contributed by atoms with E-state index in [9.17, 15) is 30.6 Å². The lowest BCUT2D eigenvalue weighted by molar-refractivity contribution is 0.404. The third kappa shape index (κ3) is 5.27. The van der Waals surface area contributed by atoms with Crippen molar-refractivity contribution in [2.24, 2.45) is 5.92 Å². The Morgan fingerprint density at radius 1 is 0.850 bits per heavy atom. The summed E-state index contributed by atoms with van der Waals surface area (Å²) in [6.45, 7) is 3.92. The van der Waals surface area contributed by atoms with Crippen LogP contribution in [0.4, 0.5) is 0 Å². The Kier molecular flexibility index (Phi) is 7.70. The van der Waals surface area contributed by atoms with E-state index in [2.05, 4.69) is 5.92 Å². The molecule has 1 aliphatic rings. The van der Waals surface area contributed by atoms with Gasteiger partial charge < -0.3 is 30.6 Å². The van der Waals surface area contributed by atoms with Crippen molar-refractivity contribution in [3.8, 4) is 35.3 Å². The van der Waals surface area contributed by atoms with Crippen molar-refractivity contribution in [1.29, 1.82) is 0 Å². The van der Waals surface area contributed by atoms with Gasteiger partial charge in [0.15, 0.2) is 0 Å². The molecule has 4 rings (SSSR count). The average molecular weight is 537 g/mol. The number of aliphatic hydroxyl groups is 2. The molecular formula is C34H32O6. The first-order valence-corrected chi connectivity index (χ1v) is 12.8. The summed E-state index contributed by atoms with van der Waals surface area (Å²) in [5.41, 5.74) is 1.27. The normalized spacial score (nSPS) is 18.2. The lowest BCUT2D eigenvalue weighted by Crippen LogP contribution is -2.31. The fourth-order valence-electron chi connectivity index (χ4n) is 5.45. The van der Waals surface area contributed by atoms with E-state index in [1.165, 1.54) is 36.4 Å². The van der Waals surface area contributed by atoms with E-state index in [-0.39, 0.29) is 40.4 Å². The Bertz CT molecular complexity index is 1570. The van der Waals surface area contributed by atoms with Crippen molar-refractivity contribution in [2.45, 2.75) is 31.1 Å². The Morgan fingerprint density at radius 3 is 1.95 bits per heavy atom. The van der Waals surface area contributed by atoms with Gasteiger partial charge in [-0.3, -0.25) is 0 Å². The molecule has 204 valence electrons. The lowest BCUT2D eigenvalue weighted by atomic mass is 9.66. The molecule has 3 aromatic rings. The van der Waals surface area contributed by atoms with Crippen LogP contribution in [0.25, 0.3) is 0 Å². The molecule has 0 radical (unpaired) electrons. The molecule has 0 saturated heterocycles. The zero-order valence-corrected chi connectivity index (χ0v) is 22.3. The zero-order valence-electron chi connectivity index (χ0n) is 22.3. The van der Waals surface area contributed by atoms with Gasteiger partial charge in [-0.15, -0.1) is 6.42 Å². The highest BCUT2D eigenvalue weighted by Gasteiger charge is 2.40. The summed E-state index contributed by atoms with van der Waals surface area (Å²) in [5.74, 6) is 1.80. The Hall–Kier alpha value is -5.02. The van der Waals surface area contributed by atoms with Gasteiger partial charge in [-0.05, 0) is 47.9 Å². The second-order valence-electron chi connectivity index (χ2n) is 10.3. The van der Waals surface area contributed by atoms with Crippen LogP contribution in [-0.2, 0) is 10.8 Å². The highest BCUT2D eigenvalue weighted by Crippen LogP contribution is 2.48. The Labute approximate surface area is 233 Å². The van der Waals surface area contributed by atoms with Crippen LogP contribution in [0.1, 0.15) is 42.5 Å². The Balaban J connectivity index is 1.83. The molecule has 0 heterocycles. The second-order valence-corrected chi connectivity index (χ2v) is 10.3. The van der Waals surface area contributed by atoms with Crippen molar-refractivity contribution in [1.82, 2.24) is 0 Å². The number of allylic oxidation sites excluding steroid dienone is 6. The average Bonchev–Trinajstić information content (AvgIpc) is 3.35. The second kappa shape index (κ2) is 11.0. The summed E-state index contributed by atoms with van der Waals surface area (Å²) in [6.07, 6.45) is 15.3. The van der Waals surface area contributed by atoms with Gasteiger partial charge in [0.2, 0.25) is 0 Å². The molecule has 6 N–H and O–H groups in total. The molecule has 6 heteroatoms. The third-order valence-corrected chi connectivity index (χ3v) is 7.78. The highest BCUT2D eigenvalue weighted by atomic mass is 16.3. The molecule has 0 saturated carbocycles. The van der Waals surface area contributed by atoms with Crippen molar-refractivity contribution >= 4 is 0 Å². The number of hydrogen-bond donors (Lipinski definition) is 6. The maximum atomic E-state index is 10.8. The summed E-state index contributed by atoms with van der Waals surface area (Å²) in [7, 11) is 0. The van der Waals surface area contributed by atoms with Gasteiger partial charge in [0.25, 0.3) is 0 Å². The van der Waals surface area contributed by atoms with Gasteiger partial charge in [0, 0.05) is 46.1 Å². The van der Waals surface area contributed by atoms with E-state index in [0.29, 0.717) is 17.5 Å². The van der Waals surface area contributed by atoms with Gasteiger partial charge >= 0.3 is 0 Å². The SMILES string of the molecule is C#C/C=C(O)\C=C/CC(C)(c1ccc(C(C)(c2ccc(O)cc2O)C2C=CC(O)=C2)cc1)c1ccc(O)cc1O. The van der Waals surface area contributed by atoms with Crippen molar-refractivity contribution in [3.63, 3.8) is 0 Å². The van der Waals surface area contributed by atoms with Crippen LogP contribution in [0.15, 0.2) is 109 Å². The Morgan fingerprint density at radius 2 is 1.43 bits per heavy atom. The summed E-state index contributed by atoms with van der Waals surface area (Å²) in [5, 5.41) is 61.5. The number of benzene rings is 3. The molecule has 3 atom stereocenters. The van der Waals surface area contributed by atoms with Crippen LogP contribution in [-0.4, -0.2) is 30.6 Å². The molecule has 6 nitrogen and oxygen atoms in total. The molecule has 0 spiro atoms. The van der Waals surface area contributed by atoms with Gasteiger partial charge in [-0.25, -0.2) is 0 Å². The first-order valence-electron chi connectivity index (χ1n) is 12.8. The van der Waals surface area contributed by atoms with Crippen LogP contribution in [0, 0.1) is 18.3 Å². The zero-order chi connectivity index (χ0) is 29.1. The summed E-state index contributed by atoms with van der Waals surface area (Å²) >= 11 is 0. The molecule has 3 aromatic carbocycles. The number of hydrogen-bond acceptors (Lipinski definition) is 6. The van der Waals surface area contributed by atoms with Crippen molar-refractivity contribution in [2.75, 3.05) is 0 Å². The lowest BCUT2D eigenvalue weighted by Gasteiger charge is -2.37. The number of aromatic hydroxyl groups is 4. The molecular weight excluding hydrogens is 504 g/mol.